The fourth-order valence-electron chi connectivity index (χ4n) is 1.85. The summed E-state index contributed by atoms with van der Waals surface area (Å²) in [5, 5.41) is 12.2. The Labute approximate surface area is 130 Å². The largest absolute Gasteiger partial charge is 0.493 e. The molecule has 0 unspecified atom stereocenters. The van der Waals surface area contributed by atoms with Gasteiger partial charge in [-0.2, -0.15) is 10.4 Å². The Hall–Kier alpha value is -2.81. The molecule has 0 aromatic heterocycles. The maximum atomic E-state index is 11.2. The van der Waals surface area contributed by atoms with E-state index in [2.05, 4.69) is 17.1 Å². The van der Waals surface area contributed by atoms with Crippen LogP contribution in [0.4, 0.5) is 0 Å². The molecule has 0 aliphatic carbocycles. The summed E-state index contributed by atoms with van der Waals surface area (Å²) in [5.41, 5.74) is 3.94. The predicted molar refractivity (Wildman–Crippen MR) is 84.0 cm³/mol. The maximum absolute atomic E-state index is 11.2. The van der Waals surface area contributed by atoms with Crippen LogP contribution in [0, 0.1) is 11.3 Å². The van der Waals surface area contributed by atoms with Gasteiger partial charge in [0.1, 0.15) is 6.42 Å². The second-order valence-corrected chi connectivity index (χ2v) is 4.27. The van der Waals surface area contributed by atoms with Crippen molar-refractivity contribution in [2.24, 2.45) is 5.10 Å². The number of amides is 1. The van der Waals surface area contributed by atoms with Crippen LogP contribution in [-0.2, 0) is 11.2 Å². The van der Waals surface area contributed by atoms with Crippen molar-refractivity contribution < 1.29 is 14.3 Å². The molecule has 0 saturated heterocycles. The van der Waals surface area contributed by atoms with Crippen LogP contribution in [0.1, 0.15) is 24.5 Å². The van der Waals surface area contributed by atoms with Crippen molar-refractivity contribution in [1.82, 2.24) is 5.43 Å². The van der Waals surface area contributed by atoms with Gasteiger partial charge >= 0.3 is 0 Å². The van der Waals surface area contributed by atoms with Crippen LogP contribution in [0.15, 0.2) is 29.9 Å². The van der Waals surface area contributed by atoms with Crippen LogP contribution in [0.3, 0.4) is 0 Å². The standard InChI is InChI=1S/C16H19N3O3/c1-4-6-13-9-12(11-18-19-15(20)7-8-17)10-14(22-5-2)16(13)21-3/h4,9-11H,1,5-7H2,2-3H3,(H,19,20)/b18-11+. The van der Waals surface area contributed by atoms with E-state index in [1.807, 2.05) is 13.0 Å². The lowest BCUT2D eigenvalue weighted by molar-refractivity contribution is -0.120. The number of hydrogen-bond acceptors (Lipinski definition) is 5. The lowest BCUT2D eigenvalue weighted by Crippen LogP contribution is -2.16. The van der Waals surface area contributed by atoms with Crippen LogP contribution in [0.25, 0.3) is 0 Å². The first-order chi connectivity index (χ1) is 10.7. The minimum atomic E-state index is -0.455. The number of benzene rings is 1. The van der Waals surface area contributed by atoms with Crippen molar-refractivity contribution in [3.05, 3.63) is 35.9 Å². The molecule has 22 heavy (non-hydrogen) atoms. The van der Waals surface area contributed by atoms with Crippen molar-refractivity contribution in [2.45, 2.75) is 19.8 Å². The van der Waals surface area contributed by atoms with Gasteiger partial charge in [0.05, 0.1) is 26.0 Å². The molecule has 1 rings (SSSR count). The van der Waals surface area contributed by atoms with E-state index in [1.165, 1.54) is 6.21 Å². The second-order valence-electron chi connectivity index (χ2n) is 4.27. The van der Waals surface area contributed by atoms with Gasteiger partial charge in [-0.05, 0) is 31.0 Å². The summed E-state index contributed by atoms with van der Waals surface area (Å²) in [6, 6.07) is 5.40. The first-order valence-corrected chi connectivity index (χ1v) is 6.79. The lowest BCUT2D eigenvalue weighted by Gasteiger charge is -2.14. The van der Waals surface area contributed by atoms with E-state index in [-0.39, 0.29) is 6.42 Å². The molecule has 0 aliphatic rings. The molecule has 1 N–H and O–H groups in total. The molecule has 0 aliphatic heterocycles. The van der Waals surface area contributed by atoms with E-state index < -0.39 is 5.91 Å². The van der Waals surface area contributed by atoms with Crippen molar-refractivity contribution >= 4 is 12.1 Å². The molecule has 1 aromatic carbocycles. The molecule has 6 heteroatoms. The molecule has 0 saturated carbocycles. The van der Waals surface area contributed by atoms with Gasteiger partial charge in [-0.3, -0.25) is 4.79 Å². The van der Waals surface area contributed by atoms with Crippen LogP contribution in [0.2, 0.25) is 0 Å². The van der Waals surface area contributed by atoms with Gasteiger partial charge < -0.3 is 9.47 Å². The number of ether oxygens (including phenoxy) is 2. The van der Waals surface area contributed by atoms with Crippen LogP contribution < -0.4 is 14.9 Å². The Balaban J connectivity index is 3.04. The van der Waals surface area contributed by atoms with Crippen LogP contribution in [-0.4, -0.2) is 25.8 Å². The van der Waals surface area contributed by atoms with Crippen molar-refractivity contribution in [2.75, 3.05) is 13.7 Å². The summed E-state index contributed by atoms with van der Waals surface area (Å²) in [6.07, 6.45) is 3.64. The summed E-state index contributed by atoms with van der Waals surface area (Å²) in [7, 11) is 1.58. The minimum Gasteiger partial charge on any atom is -0.493 e. The normalized spacial score (nSPS) is 10.0. The number of hydrazone groups is 1. The van der Waals surface area contributed by atoms with Gasteiger partial charge in [0, 0.05) is 5.56 Å². The number of nitriles is 1. The van der Waals surface area contributed by atoms with Crippen molar-refractivity contribution in [1.29, 1.82) is 5.26 Å². The third-order valence-corrected chi connectivity index (χ3v) is 2.66. The average molecular weight is 301 g/mol. The Morgan fingerprint density at radius 3 is 2.91 bits per heavy atom. The number of nitrogens with one attached hydrogen (secondary N) is 1. The zero-order valence-corrected chi connectivity index (χ0v) is 12.8. The number of rotatable bonds is 8. The molecule has 6 nitrogen and oxygen atoms in total. The fourth-order valence-corrected chi connectivity index (χ4v) is 1.85. The van der Waals surface area contributed by atoms with Gasteiger partial charge in [-0.1, -0.05) is 6.08 Å². The molecule has 0 fully saturated rings. The zero-order chi connectivity index (χ0) is 16.4. The van der Waals surface area contributed by atoms with Gasteiger partial charge in [0.25, 0.3) is 5.91 Å². The predicted octanol–water partition coefficient (Wildman–Crippen LogP) is 2.19. The number of carbonyl (C=O) groups excluding carboxylic acids is 1. The summed E-state index contributed by atoms with van der Waals surface area (Å²) >= 11 is 0. The van der Waals surface area contributed by atoms with Gasteiger partial charge in [0.15, 0.2) is 11.5 Å². The SMILES string of the molecule is C=CCc1cc(/C=N/NC(=O)CC#N)cc(OCC)c1OC. The quantitative estimate of drug-likeness (QED) is 0.453. The summed E-state index contributed by atoms with van der Waals surface area (Å²) in [4.78, 5) is 11.2. The smallest absolute Gasteiger partial charge is 0.254 e. The summed E-state index contributed by atoms with van der Waals surface area (Å²) in [6.45, 7) is 6.11. The highest BCUT2D eigenvalue weighted by Crippen LogP contribution is 2.33. The average Bonchev–Trinajstić information content (AvgIpc) is 2.48. The third-order valence-electron chi connectivity index (χ3n) is 2.66. The molecule has 0 bridgehead atoms. The van der Waals surface area contributed by atoms with Crippen LogP contribution in [0.5, 0.6) is 11.5 Å². The number of carbonyl (C=O) groups is 1. The highest BCUT2D eigenvalue weighted by molar-refractivity contribution is 5.84. The van der Waals surface area contributed by atoms with Crippen LogP contribution >= 0.6 is 0 Å². The second kappa shape index (κ2) is 9.19. The van der Waals surface area contributed by atoms with Crippen molar-refractivity contribution in [3.8, 4) is 17.6 Å². The molecule has 1 amide bonds. The van der Waals surface area contributed by atoms with E-state index in [0.717, 1.165) is 11.1 Å². The van der Waals surface area contributed by atoms with E-state index in [1.54, 1.807) is 25.3 Å². The molecule has 0 heterocycles. The highest BCUT2D eigenvalue weighted by atomic mass is 16.5. The molecular weight excluding hydrogens is 282 g/mol. The Morgan fingerprint density at radius 2 is 2.32 bits per heavy atom. The molecule has 1 aromatic rings. The fraction of sp³-hybridized carbons (Fsp3) is 0.312. The third kappa shape index (κ3) is 4.94. The maximum Gasteiger partial charge on any atom is 0.254 e. The first-order valence-electron chi connectivity index (χ1n) is 6.79. The number of allylic oxidation sites excluding steroid dienone is 1. The van der Waals surface area contributed by atoms with Gasteiger partial charge in [0.2, 0.25) is 0 Å². The molecule has 0 atom stereocenters. The van der Waals surface area contributed by atoms with E-state index in [0.29, 0.717) is 24.5 Å². The van der Waals surface area contributed by atoms with E-state index in [4.69, 9.17) is 14.7 Å². The number of nitrogens with zero attached hydrogens (tertiary/aromatic N) is 2. The van der Waals surface area contributed by atoms with Gasteiger partial charge in [-0.15, -0.1) is 6.58 Å². The lowest BCUT2D eigenvalue weighted by atomic mass is 10.1. The number of hydrogen-bond donors (Lipinski definition) is 1. The summed E-state index contributed by atoms with van der Waals surface area (Å²) in [5.74, 6) is 0.810. The summed E-state index contributed by atoms with van der Waals surface area (Å²) < 4.78 is 11.0. The Morgan fingerprint density at radius 1 is 1.55 bits per heavy atom. The number of methoxy groups -OCH3 is 1. The Kier molecular flexibility index (Phi) is 7.20. The first kappa shape index (κ1) is 17.2. The van der Waals surface area contributed by atoms with E-state index >= 15 is 0 Å². The van der Waals surface area contributed by atoms with Gasteiger partial charge in [-0.25, -0.2) is 5.43 Å². The highest BCUT2D eigenvalue weighted by Gasteiger charge is 2.11. The van der Waals surface area contributed by atoms with Crippen molar-refractivity contribution in [3.63, 3.8) is 0 Å². The molecule has 0 radical (unpaired) electrons. The topological polar surface area (TPSA) is 83.7 Å². The Bertz CT molecular complexity index is 603. The molecule has 116 valence electrons. The monoisotopic (exact) mass is 301 g/mol. The van der Waals surface area contributed by atoms with E-state index in [9.17, 15) is 4.79 Å². The molecular formula is C16H19N3O3. The molecule has 0 spiro atoms. The zero-order valence-electron chi connectivity index (χ0n) is 12.8. The minimum absolute atomic E-state index is 0.230.